The number of hydrogen-bond donors (Lipinski definition) is 2. The van der Waals surface area contributed by atoms with Gasteiger partial charge in [0.25, 0.3) is 0 Å². The van der Waals surface area contributed by atoms with Crippen molar-refractivity contribution in [1.29, 1.82) is 0 Å². The number of carbonyl (C=O) groups is 2. The van der Waals surface area contributed by atoms with E-state index in [0.717, 1.165) is 116 Å². The van der Waals surface area contributed by atoms with Crippen molar-refractivity contribution < 1.29 is 37.3 Å². The van der Waals surface area contributed by atoms with Gasteiger partial charge in [0.1, 0.15) is 19.3 Å². The number of ether oxygens (including phenoxy) is 1. The number of carbonyl (C=O) groups excluding carboxylic acids is 2. The first-order chi connectivity index (χ1) is 39.4. The molecule has 10 heteroatoms. The van der Waals surface area contributed by atoms with E-state index in [1.807, 2.05) is 33.3 Å². The lowest BCUT2D eigenvalue weighted by molar-refractivity contribution is -0.870. The number of nitrogens with zero attached hydrogens (tertiary/aromatic N) is 1. The minimum absolute atomic E-state index is 0.0255. The molecule has 0 fully saturated rings. The highest BCUT2D eigenvalue weighted by Crippen LogP contribution is 2.43. The number of hydrogen-bond acceptors (Lipinski definition) is 6. The summed E-state index contributed by atoms with van der Waals surface area (Å²) in [4.78, 5) is 37.8. The SMILES string of the molecule is CC/C=C\C/C=C\C/C=C\C/C=C\C/C=C\CCCCCCCCCC(=O)OC(/C=C/CCCCCCCCCCCCC)C(COP(=O)(O)OCC[N+](C)(C)C)NC(=O)CCCCC/C=C\C/C=C\C/C=C\C/C=C\CCCCC. The van der Waals surface area contributed by atoms with Gasteiger partial charge in [0, 0.05) is 12.8 Å². The molecule has 0 bridgehead atoms. The molecule has 81 heavy (non-hydrogen) atoms. The zero-order chi connectivity index (χ0) is 59.3. The molecule has 0 heterocycles. The van der Waals surface area contributed by atoms with Gasteiger partial charge in [0.2, 0.25) is 5.91 Å². The van der Waals surface area contributed by atoms with Crippen molar-refractivity contribution in [3.63, 3.8) is 0 Å². The van der Waals surface area contributed by atoms with Crippen molar-refractivity contribution >= 4 is 19.7 Å². The van der Waals surface area contributed by atoms with Crippen LogP contribution in [0.5, 0.6) is 0 Å². The second-order valence-electron chi connectivity index (χ2n) is 22.9. The van der Waals surface area contributed by atoms with Crippen LogP contribution >= 0.6 is 7.82 Å². The van der Waals surface area contributed by atoms with Crippen molar-refractivity contribution in [3.8, 4) is 0 Å². The Bertz CT molecular complexity index is 1800. The number of phosphoric acid groups is 1. The molecule has 0 aliphatic carbocycles. The maximum absolute atomic E-state index is 13.6. The summed E-state index contributed by atoms with van der Waals surface area (Å²) in [5, 5.41) is 3.04. The average molecular weight is 1150 g/mol. The molecule has 0 radical (unpaired) electrons. The van der Waals surface area contributed by atoms with E-state index in [1.165, 1.54) is 103 Å². The molecular weight excluding hydrogens is 1020 g/mol. The van der Waals surface area contributed by atoms with E-state index in [0.29, 0.717) is 23.9 Å². The van der Waals surface area contributed by atoms with Crippen LogP contribution in [0.2, 0.25) is 0 Å². The summed E-state index contributed by atoms with van der Waals surface area (Å²) >= 11 is 0. The Kier molecular flexibility index (Phi) is 56.9. The molecule has 3 unspecified atom stereocenters. The highest BCUT2D eigenvalue weighted by molar-refractivity contribution is 7.47. The second kappa shape index (κ2) is 59.6. The largest absolute Gasteiger partial charge is 0.472 e. The van der Waals surface area contributed by atoms with Crippen LogP contribution in [0, 0.1) is 0 Å². The predicted octanol–water partition coefficient (Wildman–Crippen LogP) is 20.7. The number of quaternary nitrogens is 1. The summed E-state index contributed by atoms with van der Waals surface area (Å²) in [6.07, 6.45) is 83.4. The molecule has 0 aromatic carbocycles. The monoisotopic (exact) mass is 1150 g/mol. The summed E-state index contributed by atoms with van der Waals surface area (Å²) in [5.74, 6) is -0.559. The standard InChI is InChI=1S/C71H123N2O7P/c1-7-10-13-16-19-22-25-28-30-32-34-35-36-37-39-41-43-46-49-52-55-58-61-64-71(75)80-69(62-59-56-53-50-47-44-27-24-21-18-15-12-9-3)68(67-79-81(76,77)78-66-65-73(4,5)6)72-70(74)63-60-57-54-51-48-45-42-40-38-33-31-29-26-23-20-17-14-11-8-2/h10,13,19-20,22-23,28-31,34-35,37-40,45,48,59,62,68-69H,7-9,11-12,14-18,21,24-27,32-33,36,41-44,46-47,49-58,60-61,63-67H2,1-6H3,(H-,72,74,76,77)/p+1/b13-10-,22-19-,23-20-,30-28-,31-29-,35-34-,39-37-,40-38-,48-45-,62-59+. The van der Waals surface area contributed by atoms with Crippen molar-refractivity contribution in [2.75, 3.05) is 40.9 Å². The minimum Gasteiger partial charge on any atom is -0.456 e. The molecule has 0 rings (SSSR count). The van der Waals surface area contributed by atoms with Crippen molar-refractivity contribution in [2.45, 2.75) is 277 Å². The van der Waals surface area contributed by atoms with Gasteiger partial charge in [0.05, 0.1) is 33.8 Å². The minimum atomic E-state index is -4.47. The molecule has 0 aliphatic rings. The van der Waals surface area contributed by atoms with Crippen molar-refractivity contribution in [2.24, 2.45) is 0 Å². The van der Waals surface area contributed by atoms with Crippen LogP contribution in [0.15, 0.2) is 122 Å². The molecule has 9 nitrogen and oxygen atoms in total. The Morgan fingerprint density at radius 1 is 0.444 bits per heavy atom. The van der Waals surface area contributed by atoms with Crippen LogP contribution in [0.1, 0.15) is 265 Å². The van der Waals surface area contributed by atoms with E-state index in [4.69, 9.17) is 13.8 Å². The van der Waals surface area contributed by atoms with Gasteiger partial charge in [-0.2, -0.15) is 0 Å². The van der Waals surface area contributed by atoms with E-state index >= 15 is 0 Å². The first kappa shape index (κ1) is 77.4. The number of rotatable bonds is 58. The molecule has 3 atom stereocenters. The average Bonchev–Trinajstić information content (AvgIpc) is 3.44. The third-order valence-electron chi connectivity index (χ3n) is 13.9. The normalized spacial score (nSPS) is 14.4. The van der Waals surface area contributed by atoms with Crippen LogP contribution in [-0.4, -0.2) is 74.3 Å². The van der Waals surface area contributed by atoms with Crippen molar-refractivity contribution in [1.82, 2.24) is 5.32 Å². The van der Waals surface area contributed by atoms with Gasteiger partial charge < -0.3 is 19.4 Å². The van der Waals surface area contributed by atoms with E-state index in [9.17, 15) is 19.0 Å². The summed E-state index contributed by atoms with van der Waals surface area (Å²) in [7, 11) is 1.45. The zero-order valence-electron chi connectivity index (χ0n) is 53.0. The van der Waals surface area contributed by atoms with Gasteiger partial charge in [-0.05, 0) is 122 Å². The van der Waals surface area contributed by atoms with Crippen LogP contribution < -0.4 is 5.32 Å². The lowest BCUT2D eigenvalue weighted by Crippen LogP contribution is -2.47. The van der Waals surface area contributed by atoms with Crippen molar-refractivity contribution in [3.05, 3.63) is 122 Å². The molecule has 0 saturated heterocycles. The summed E-state index contributed by atoms with van der Waals surface area (Å²) in [5.41, 5.74) is 0. The Hall–Kier alpha value is -3.59. The molecule has 0 aromatic heterocycles. The summed E-state index contributed by atoms with van der Waals surface area (Å²) in [6.45, 7) is 6.83. The smallest absolute Gasteiger partial charge is 0.456 e. The van der Waals surface area contributed by atoms with Crippen LogP contribution in [0.4, 0.5) is 0 Å². The lowest BCUT2D eigenvalue weighted by atomic mass is 10.0. The van der Waals surface area contributed by atoms with E-state index in [-0.39, 0.29) is 37.9 Å². The number of unbranched alkanes of at least 4 members (excludes halogenated alkanes) is 24. The van der Waals surface area contributed by atoms with E-state index in [2.05, 4.69) is 135 Å². The summed E-state index contributed by atoms with van der Waals surface area (Å²) < 4.78 is 30.7. The highest BCUT2D eigenvalue weighted by Gasteiger charge is 2.30. The van der Waals surface area contributed by atoms with Gasteiger partial charge in [-0.25, -0.2) is 4.57 Å². The Labute approximate surface area is 499 Å². The topological polar surface area (TPSA) is 111 Å². The first-order valence-corrected chi connectivity index (χ1v) is 34.4. The fraction of sp³-hybridized carbons (Fsp3) is 0.690. The number of nitrogens with one attached hydrogen (secondary N) is 1. The van der Waals surface area contributed by atoms with Crippen LogP contribution in [0.3, 0.4) is 0 Å². The first-order valence-electron chi connectivity index (χ1n) is 32.9. The third-order valence-corrected chi connectivity index (χ3v) is 14.9. The Balaban J connectivity index is 5.31. The third kappa shape index (κ3) is 60.8. The molecule has 0 saturated carbocycles. The fourth-order valence-electron chi connectivity index (χ4n) is 8.83. The second-order valence-corrected chi connectivity index (χ2v) is 24.4. The molecule has 0 aliphatic heterocycles. The zero-order valence-corrected chi connectivity index (χ0v) is 53.9. The number of allylic oxidation sites excluding steroid dienone is 19. The molecule has 2 N–H and O–H groups in total. The van der Waals surface area contributed by atoms with Crippen LogP contribution in [-0.2, 0) is 27.9 Å². The fourth-order valence-corrected chi connectivity index (χ4v) is 9.57. The van der Waals surface area contributed by atoms with E-state index in [1.54, 1.807) is 0 Å². The predicted molar refractivity (Wildman–Crippen MR) is 350 cm³/mol. The maximum Gasteiger partial charge on any atom is 0.472 e. The van der Waals surface area contributed by atoms with Crippen LogP contribution in [0.25, 0.3) is 0 Å². The molecule has 1 amide bonds. The molecule has 0 spiro atoms. The summed E-state index contributed by atoms with van der Waals surface area (Å²) in [6, 6.07) is -0.879. The lowest BCUT2D eigenvalue weighted by Gasteiger charge is -2.27. The molecule has 464 valence electrons. The Morgan fingerprint density at radius 3 is 1.22 bits per heavy atom. The molecule has 0 aromatic rings. The molecular formula is C71H124N2O7P+. The van der Waals surface area contributed by atoms with Gasteiger partial charge in [-0.1, -0.05) is 252 Å². The number of amides is 1. The van der Waals surface area contributed by atoms with Gasteiger partial charge >= 0.3 is 13.8 Å². The van der Waals surface area contributed by atoms with Gasteiger partial charge in [-0.3, -0.25) is 18.6 Å². The highest BCUT2D eigenvalue weighted by atomic mass is 31.2. The quantitative estimate of drug-likeness (QED) is 0.0205. The Morgan fingerprint density at radius 2 is 0.790 bits per heavy atom. The van der Waals surface area contributed by atoms with E-state index < -0.39 is 20.0 Å². The van der Waals surface area contributed by atoms with Gasteiger partial charge in [-0.15, -0.1) is 0 Å². The van der Waals surface area contributed by atoms with Gasteiger partial charge in [0.15, 0.2) is 0 Å². The number of phosphoric ester groups is 1. The number of esters is 1. The maximum atomic E-state index is 13.6. The number of likely N-dealkylation sites (N-methyl/N-ethyl adjacent to an activating group) is 1.